The van der Waals surface area contributed by atoms with Crippen molar-refractivity contribution in [1.82, 2.24) is 10.2 Å². The number of aliphatic carboxylic acids is 1. The van der Waals surface area contributed by atoms with E-state index in [9.17, 15) is 9.59 Å². The van der Waals surface area contributed by atoms with Crippen LogP contribution in [0, 0.1) is 5.92 Å². The largest absolute Gasteiger partial charge is 0.481 e. The monoisotopic (exact) mass is 290 g/mol. The Labute approximate surface area is 120 Å². The maximum atomic E-state index is 11.8. The lowest BCUT2D eigenvalue weighted by Crippen LogP contribution is -2.43. The smallest absolute Gasteiger partial charge is 0.317 e. The van der Waals surface area contributed by atoms with E-state index in [-0.39, 0.29) is 18.5 Å². The summed E-state index contributed by atoms with van der Waals surface area (Å²) < 4.78 is 0. The Hall–Kier alpha value is -0.910. The van der Waals surface area contributed by atoms with Crippen LogP contribution in [0.4, 0.5) is 4.79 Å². The van der Waals surface area contributed by atoms with Gasteiger partial charge in [-0.15, -0.1) is 0 Å². The second-order valence-electron chi connectivity index (χ2n) is 4.97. The quantitative estimate of drug-likeness (QED) is 0.683. The molecule has 0 rings (SSSR count). The average Bonchev–Trinajstić information content (AvgIpc) is 2.35. The van der Waals surface area contributed by atoms with Gasteiger partial charge in [0.2, 0.25) is 0 Å². The first-order chi connectivity index (χ1) is 8.88. The van der Waals surface area contributed by atoms with Crippen molar-refractivity contribution in [2.75, 3.05) is 25.6 Å². The molecule has 0 bridgehead atoms. The summed E-state index contributed by atoms with van der Waals surface area (Å²) >= 11 is 1.72. The first-order valence-electron chi connectivity index (χ1n) is 6.59. The van der Waals surface area contributed by atoms with Crippen LogP contribution in [0.5, 0.6) is 0 Å². The number of carboxylic acid groups (broad SMARTS) is 1. The van der Waals surface area contributed by atoms with Crippen LogP contribution in [0.15, 0.2) is 0 Å². The first kappa shape index (κ1) is 18.1. The van der Waals surface area contributed by atoms with Gasteiger partial charge in [-0.25, -0.2) is 4.79 Å². The third-order valence-electron chi connectivity index (χ3n) is 3.15. The van der Waals surface area contributed by atoms with Crippen molar-refractivity contribution in [2.24, 2.45) is 5.92 Å². The lowest BCUT2D eigenvalue weighted by atomic mass is 10.0. The number of amides is 2. The number of carboxylic acids is 1. The molecular weight excluding hydrogens is 264 g/mol. The molecule has 2 N–H and O–H groups in total. The van der Waals surface area contributed by atoms with Gasteiger partial charge in [-0.05, 0) is 31.9 Å². The zero-order valence-electron chi connectivity index (χ0n) is 12.3. The van der Waals surface area contributed by atoms with Crippen LogP contribution in [0.2, 0.25) is 0 Å². The normalized spacial score (nSPS) is 13.7. The zero-order valence-corrected chi connectivity index (χ0v) is 13.1. The molecule has 0 aliphatic carbocycles. The van der Waals surface area contributed by atoms with Gasteiger partial charge in [0.05, 0.1) is 0 Å². The second-order valence-corrected chi connectivity index (χ2v) is 5.88. The maximum Gasteiger partial charge on any atom is 0.317 e. The molecule has 6 heteroatoms. The molecule has 0 aromatic heterocycles. The summed E-state index contributed by atoms with van der Waals surface area (Å²) in [6.45, 7) is 4.62. The maximum absolute atomic E-state index is 11.8. The highest BCUT2D eigenvalue weighted by molar-refractivity contribution is 7.98. The van der Waals surface area contributed by atoms with E-state index in [1.807, 2.05) is 20.1 Å². The van der Waals surface area contributed by atoms with Crippen molar-refractivity contribution in [3.63, 3.8) is 0 Å². The predicted molar refractivity (Wildman–Crippen MR) is 79.7 cm³/mol. The molecular formula is C13H26N2O3S. The van der Waals surface area contributed by atoms with E-state index in [0.29, 0.717) is 18.9 Å². The standard InChI is InChI=1S/C13H26N2O3S/c1-10(5-6-12(16)17)7-8-14-13(18)15(3)11(2)9-19-4/h10-11H,5-9H2,1-4H3,(H,14,18)(H,16,17). The summed E-state index contributed by atoms with van der Waals surface area (Å²) in [6.07, 6.45) is 3.68. The van der Waals surface area contributed by atoms with Crippen molar-refractivity contribution in [3.8, 4) is 0 Å². The fourth-order valence-corrected chi connectivity index (χ4v) is 2.32. The lowest BCUT2D eigenvalue weighted by Gasteiger charge is -2.24. The van der Waals surface area contributed by atoms with E-state index in [4.69, 9.17) is 5.11 Å². The topological polar surface area (TPSA) is 69.6 Å². The third kappa shape index (κ3) is 8.75. The third-order valence-corrected chi connectivity index (χ3v) is 3.97. The van der Waals surface area contributed by atoms with E-state index < -0.39 is 5.97 Å². The number of carbonyl (C=O) groups is 2. The Bertz CT molecular complexity index is 287. The van der Waals surface area contributed by atoms with E-state index in [1.165, 1.54) is 0 Å². The molecule has 0 aliphatic heterocycles. The molecule has 0 spiro atoms. The molecule has 2 amide bonds. The number of rotatable bonds is 9. The number of thioether (sulfide) groups is 1. The van der Waals surface area contributed by atoms with Crippen LogP contribution >= 0.6 is 11.8 Å². The Morgan fingerprint density at radius 1 is 1.32 bits per heavy atom. The molecule has 0 saturated heterocycles. The van der Waals surface area contributed by atoms with Crippen LogP contribution in [0.3, 0.4) is 0 Å². The Kier molecular flexibility index (Phi) is 9.47. The van der Waals surface area contributed by atoms with Crippen LogP contribution in [0.1, 0.15) is 33.1 Å². The molecule has 2 unspecified atom stereocenters. The second kappa shape index (κ2) is 9.95. The number of nitrogens with zero attached hydrogens (tertiary/aromatic N) is 1. The Morgan fingerprint density at radius 2 is 1.95 bits per heavy atom. The van der Waals surface area contributed by atoms with Gasteiger partial charge in [-0.2, -0.15) is 11.8 Å². The van der Waals surface area contributed by atoms with Crippen molar-refractivity contribution in [3.05, 3.63) is 0 Å². The van der Waals surface area contributed by atoms with Crippen LogP contribution < -0.4 is 5.32 Å². The predicted octanol–water partition coefficient (Wildman–Crippen LogP) is 2.27. The Morgan fingerprint density at radius 3 is 2.47 bits per heavy atom. The summed E-state index contributed by atoms with van der Waals surface area (Å²) in [6, 6.07) is 0.145. The highest BCUT2D eigenvalue weighted by atomic mass is 32.2. The SMILES string of the molecule is CSCC(C)N(C)C(=O)NCCC(C)CCC(=O)O. The summed E-state index contributed by atoms with van der Waals surface area (Å²) in [5.41, 5.74) is 0. The van der Waals surface area contributed by atoms with Gasteiger partial charge < -0.3 is 15.3 Å². The molecule has 0 aromatic rings. The fourth-order valence-electron chi connectivity index (χ4n) is 1.62. The number of hydrogen-bond donors (Lipinski definition) is 2. The van der Waals surface area contributed by atoms with E-state index in [1.54, 1.807) is 23.7 Å². The van der Waals surface area contributed by atoms with Crippen LogP contribution in [0.25, 0.3) is 0 Å². The molecule has 0 radical (unpaired) electrons. The van der Waals surface area contributed by atoms with Gasteiger partial charge in [0.25, 0.3) is 0 Å². The van der Waals surface area contributed by atoms with Gasteiger partial charge >= 0.3 is 12.0 Å². The highest BCUT2D eigenvalue weighted by Gasteiger charge is 2.14. The van der Waals surface area contributed by atoms with Crippen molar-refractivity contribution in [1.29, 1.82) is 0 Å². The van der Waals surface area contributed by atoms with Gasteiger partial charge in [0.1, 0.15) is 0 Å². The minimum absolute atomic E-state index is 0.0630. The number of urea groups is 1. The van der Waals surface area contributed by atoms with Crippen molar-refractivity contribution in [2.45, 2.75) is 39.2 Å². The molecule has 0 saturated carbocycles. The van der Waals surface area contributed by atoms with Gasteiger partial charge in [0.15, 0.2) is 0 Å². The number of carbonyl (C=O) groups excluding carboxylic acids is 1. The highest BCUT2D eigenvalue weighted by Crippen LogP contribution is 2.09. The first-order valence-corrected chi connectivity index (χ1v) is 7.99. The summed E-state index contributed by atoms with van der Waals surface area (Å²) in [5, 5.41) is 11.5. The zero-order chi connectivity index (χ0) is 14.8. The molecule has 0 fully saturated rings. The van der Waals surface area contributed by atoms with Crippen LogP contribution in [-0.2, 0) is 4.79 Å². The molecule has 0 heterocycles. The van der Waals surface area contributed by atoms with Gasteiger partial charge in [0, 0.05) is 31.8 Å². The average molecular weight is 290 g/mol. The minimum Gasteiger partial charge on any atom is -0.481 e. The van der Waals surface area contributed by atoms with Crippen molar-refractivity contribution < 1.29 is 14.7 Å². The summed E-state index contributed by atoms with van der Waals surface area (Å²) in [5.74, 6) is 0.464. The van der Waals surface area contributed by atoms with Gasteiger partial charge in [-0.3, -0.25) is 4.79 Å². The molecule has 0 aromatic carbocycles. The molecule has 2 atom stereocenters. The van der Waals surface area contributed by atoms with Crippen LogP contribution in [-0.4, -0.2) is 53.6 Å². The number of hydrogen-bond acceptors (Lipinski definition) is 3. The molecule has 0 aliphatic rings. The van der Waals surface area contributed by atoms with Crippen molar-refractivity contribution >= 4 is 23.8 Å². The number of nitrogens with one attached hydrogen (secondary N) is 1. The summed E-state index contributed by atoms with van der Waals surface area (Å²) in [4.78, 5) is 24.0. The summed E-state index contributed by atoms with van der Waals surface area (Å²) in [7, 11) is 1.80. The van der Waals surface area contributed by atoms with Gasteiger partial charge in [-0.1, -0.05) is 6.92 Å². The minimum atomic E-state index is -0.762. The fraction of sp³-hybridized carbons (Fsp3) is 0.846. The van der Waals surface area contributed by atoms with E-state index in [0.717, 1.165) is 12.2 Å². The molecule has 5 nitrogen and oxygen atoms in total. The van der Waals surface area contributed by atoms with E-state index in [2.05, 4.69) is 5.32 Å². The lowest BCUT2D eigenvalue weighted by molar-refractivity contribution is -0.137. The van der Waals surface area contributed by atoms with E-state index >= 15 is 0 Å². The molecule has 19 heavy (non-hydrogen) atoms. The Balaban J connectivity index is 3.81. The molecule has 112 valence electrons.